The van der Waals surface area contributed by atoms with Gasteiger partial charge in [-0.25, -0.2) is 8.42 Å². The van der Waals surface area contributed by atoms with Gasteiger partial charge in [-0.15, -0.1) is 0 Å². The minimum Gasteiger partial charge on any atom is -0.494 e. The van der Waals surface area contributed by atoms with Crippen LogP contribution in [0.25, 0.3) is 0 Å². The van der Waals surface area contributed by atoms with Crippen LogP contribution in [-0.2, 0) is 9.84 Å². The van der Waals surface area contributed by atoms with E-state index in [-0.39, 0.29) is 12.3 Å². The SMILES string of the molecule is CCOc1ccc(S(=O)(=O)CCN)cc1C. The number of benzene rings is 1. The molecule has 0 bridgehead atoms. The molecule has 0 spiro atoms. The Morgan fingerprint density at radius 1 is 1.38 bits per heavy atom. The molecular weight excluding hydrogens is 226 g/mol. The minimum absolute atomic E-state index is 0.0274. The number of nitrogens with two attached hydrogens (primary N) is 1. The van der Waals surface area contributed by atoms with E-state index in [4.69, 9.17) is 10.5 Å². The lowest BCUT2D eigenvalue weighted by molar-refractivity contribution is 0.337. The Kier molecular flexibility index (Phi) is 4.32. The molecule has 0 heterocycles. The molecule has 0 aliphatic heterocycles. The van der Waals surface area contributed by atoms with Crippen molar-refractivity contribution in [2.24, 2.45) is 5.73 Å². The number of rotatable bonds is 5. The molecule has 0 unspecified atom stereocenters. The third-order valence-electron chi connectivity index (χ3n) is 2.19. The maximum Gasteiger partial charge on any atom is 0.179 e. The summed E-state index contributed by atoms with van der Waals surface area (Å²) in [5.74, 6) is 0.689. The number of sulfone groups is 1. The summed E-state index contributed by atoms with van der Waals surface area (Å²) in [7, 11) is -3.25. The van der Waals surface area contributed by atoms with Crippen molar-refractivity contribution < 1.29 is 13.2 Å². The van der Waals surface area contributed by atoms with Crippen molar-refractivity contribution in [1.29, 1.82) is 0 Å². The predicted octanol–water partition coefficient (Wildman–Crippen LogP) is 1.13. The summed E-state index contributed by atoms with van der Waals surface area (Å²) in [6.07, 6.45) is 0. The third-order valence-corrected chi connectivity index (χ3v) is 3.94. The lowest BCUT2D eigenvalue weighted by atomic mass is 10.2. The summed E-state index contributed by atoms with van der Waals surface area (Å²) in [6.45, 7) is 4.41. The second-order valence-electron chi connectivity index (χ2n) is 3.47. The smallest absolute Gasteiger partial charge is 0.179 e. The highest BCUT2D eigenvalue weighted by Gasteiger charge is 2.14. The van der Waals surface area contributed by atoms with Gasteiger partial charge in [-0.05, 0) is 37.6 Å². The fraction of sp³-hybridized carbons (Fsp3) is 0.455. The van der Waals surface area contributed by atoms with Crippen molar-refractivity contribution in [2.75, 3.05) is 18.9 Å². The van der Waals surface area contributed by atoms with Crippen LogP contribution in [0.3, 0.4) is 0 Å². The summed E-state index contributed by atoms with van der Waals surface area (Å²) in [6, 6.07) is 4.86. The van der Waals surface area contributed by atoms with Crippen LogP contribution in [0.5, 0.6) is 5.75 Å². The van der Waals surface area contributed by atoms with Gasteiger partial charge in [-0.2, -0.15) is 0 Å². The standard InChI is InChI=1S/C11H17NO3S/c1-3-15-11-5-4-10(8-9(11)2)16(13,14)7-6-12/h4-5,8H,3,6-7,12H2,1-2H3. The Balaban J connectivity index is 3.06. The zero-order valence-electron chi connectivity index (χ0n) is 9.56. The Bertz CT molecular complexity index is 454. The van der Waals surface area contributed by atoms with E-state index < -0.39 is 9.84 Å². The van der Waals surface area contributed by atoms with Crippen LogP contribution in [0.1, 0.15) is 12.5 Å². The molecule has 16 heavy (non-hydrogen) atoms. The van der Waals surface area contributed by atoms with Crippen molar-refractivity contribution >= 4 is 9.84 Å². The zero-order chi connectivity index (χ0) is 12.2. The van der Waals surface area contributed by atoms with Crippen molar-refractivity contribution in [3.05, 3.63) is 23.8 Å². The van der Waals surface area contributed by atoms with Gasteiger partial charge in [0.15, 0.2) is 9.84 Å². The summed E-state index contributed by atoms with van der Waals surface area (Å²) >= 11 is 0. The van der Waals surface area contributed by atoms with Crippen LogP contribution in [0.2, 0.25) is 0 Å². The largest absolute Gasteiger partial charge is 0.494 e. The predicted molar refractivity (Wildman–Crippen MR) is 63.5 cm³/mol. The Morgan fingerprint density at radius 2 is 2.06 bits per heavy atom. The molecule has 4 nitrogen and oxygen atoms in total. The summed E-state index contributed by atoms with van der Waals surface area (Å²) < 4.78 is 28.8. The van der Waals surface area contributed by atoms with E-state index >= 15 is 0 Å². The van der Waals surface area contributed by atoms with Gasteiger partial charge in [0.05, 0.1) is 17.3 Å². The van der Waals surface area contributed by atoms with Crippen molar-refractivity contribution in [3.63, 3.8) is 0 Å². The molecule has 0 radical (unpaired) electrons. The summed E-state index contributed by atoms with van der Waals surface area (Å²) in [4.78, 5) is 0.305. The molecule has 2 N–H and O–H groups in total. The highest BCUT2D eigenvalue weighted by atomic mass is 32.2. The third kappa shape index (κ3) is 2.96. The molecule has 0 saturated heterocycles. The van der Waals surface area contributed by atoms with E-state index in [1.807, 2.05) is 13.8 Å². The Hall–Kier alpha value is -1.07. The van der Waals surface area contributed by atoms with Crippen LogP contribution < -0.4 is 10.5 Å². The lowest BCUT2D eigenvalue weighted by Gasteiger charge is -2.09. The van der Waals surface area contributed by atoms with Crippen molar-refractivity contribution in [1.82, 2.24) is 0 Å². The maximum absolute atomic E-state index is 11.7. The van der Waals surface area contributed by atoms with Crippen LogP contribution in [0, 0.1) is 6.92 Å². The van der Waals surface area contributed by atoms with Gasteiger partial charge in [-0.3, -0.25) is 0 Å². The number of aryl methyl sites for hydroxylation is 1. The van der Waals surface area contributed by atoms with Gasteiger partial charge in [0.1, 0.15) is 5.75 Å². The first-order valence-corrected chi connectivity index (χ1v) is 6.82. The molecule has 1 rings (SSSR count). The topological polar surface area (TPSA) is 69.4 Å². The average Bonchev–Trinajstić information content (AvgIpc) is 2.21. The lowest BCUT2D eigenvalue weighted by Crippen LogP contribution is -2.15. The molecule has 0 aliphatic rings. The highest BCUT2D eigenvalue weighted by Crippen LogP contribution is 2.22. The first-order valence-electron chi connectivity index (χ1n) is 5.17. The fourth-order valence-electron chi connectivity index (χ4n) is 1.41. The molecule has 5 heteroatoms. The first-order chi connectivity index (χ1) is 7.51. The molecule has 1 aromatic carbocycles. The highest BCUT2D eigenvalue weighted by molar-refractivity contribution is 7.91. The first kappa shape index (κ1) is 13.0. The van der Waals surface area contributed by atoms with Gasteiger partial charge >= 0.3 is 0 Å². The zero-order valence-corrected chi connectivity index (χ0v) is 10.4. The van der Waals surface area contributed by atoms with E-state index in [0.717, 1.165) is 5.56 Å². The average molecular weight is 243 g/mol. The number of hydrogen-bond acceptors (Lipinski definition) is 4. The molecule has 1 aromatic rings. The molecule has 90 valence electrons. The summed E-state index contributed by atoms with van der Waals surface area (Å²) in [5, 5.41) is 0. The number of hydrogen-bond donors (Lipinski definition) is 1. The van der Waals surface area contributed by atoms with Crippen molar-refractivity contribution in [2.45, 2.75) is 18.7 Å². The molecule has 0 saturated carbocycles. The number of ether oxygens (including phenoxy) is 1. The summed E-state index contributed by atoms with van der Waals surface area (Å²) in [5.41, 5.74) is 6.08. The second kappa shape index (κ2) is 5.32. The van der Waals surface area contributed by atoms with E-state index in [0.29, 0.717) is 17.3 Å². The van der Waals surface area contributed by atoms with Crippen LogP contribution in [0.15, 0.2) is 23.1 Å². The van der Waals surface area contributed by atoms with Crippen LogP contribution in [-0.4, -0.2) is 27.3 Å². The molecule has 0 atom stereocenters. The van der Waals surface area contributed by atoms with E-state index in [1.165, 1.54) is 0 Å². The van der Waals surface area contributed by atoms with Gasteiger partial charge in [0, 0.05) is 6.54 Å². The molecule has 0 aromatic heterocycles. The Morgan fingerprint density at radius 3 is 2.56 bits per heavy atom. The normalized spacial score (nSPS) is 11.4. The molecule has 0 fully saturated rings. The molecular formula is C11H17NO3S. The maximum atomic E-state index is 11.7. The fourth-order valence-corrected chi connectivity index (χ4v) is 2.58. The minimum atomic E-state index is -3.25. The molecule has 0 aliphatic carbocycles. The quantitative estimate of drug-likeness (QED) is 0.841. The van der Waals surface area contributed by atoms with Gasteiger partial charge in [0.25, 0.3) is 0 Å². The van der Waals surface area contributed by atoms with Gasteiger partial charge < -0.3 is 10.5 Å². The molecule has 0 amide bonds. The van der Waals surface area contributed by atoms with Gasteiger partial charge in [0.2, 0.25) is 0 Å². The second-order valence-corrected chi connectivity index (χ2v) is 5.58. The monoisotopic (exact) mass is 243 g/mol. The van der Waals surface area contributed by atoms with Crippen LogP contribution in [0.4, 0.5) is 0 Å². The van der Waals surface area contributed by atoms with E-state index in [1.54, 1.807) is 18.2 Å². The van der Waals surface area contributed by atoms with Crippen LogP contribution >= 0.6 is 0 Å². The van der Waals surface area contributed by atoms with E-state index in [2.05, 4.69) is 0 Å². The van der Waals surface area contributed by atoms with E-state index in [9.17, 15) is 8.42 Å². The Labute approximate surface area is 96.3 Å². The van der Waals surface area contributed by atoms with Crippen molar-refractivity contribution in [3.8, 4) is 5.75 Å². The van der Waals surface area contributed by atoms with Gasteiger partial charge in [-0.1, -0.05) is 0 Å².